The maximum absolute atomic E-state index is 12.5. The lowest BCUT2D eigenvalue weighted by Gasteiger charge is -2.32. The number of hydrogen-bond acceptors (Lipinski definition) is 5. The van der Waals surface area contributed by atoms with Crippen molar-refractivity contribution in [2.75, 3.05) is 19.6 Å². The minimum atomic E-state index is -0.447. The van der Waals surface area contributed by atoms with Crippen molar-refractivity contribution in [1.82, 2.24) is 20.1 Å². The first-order chi connectivity index (χ1) is 14.0. The zero-order valence-corrected chi connectivity index (χ0v) is 15.7. The van der Waals surface area contributed by atoms with Gasteiger partial charge in [0.1, 0.15) is 6.54 Å². The number of carbonyl (C=O) groups is 4. The second-order valence-corrected chi connectivity index (χ2v) is 7.12. The first-order valence-corrected chi connectivity index (χ1v) is 9.48. The van der Waals surface area contributed by atoms with Crippen molar-refractivity contribution < 1.29 is 19.2 Å². The number of hydrogen-bond donors (Lipinski definition) is 1. The molecule has 1 saturated heterocycles. The fraction of sp³-hybridized carbons (Fsp3) is 0.286. The van der Waals surface area contributed by atoms with Crippen LogP contribution >= 0.6 is 0 Å². The summed E-state index contributed by atoms with van der Waals surface area (Å²) in [5.41, 5.74) is 1.20. The molecule has 8 heteroatoms. The van der Waals surface area contributed by atoms with Crippen LogP contribution in [0, 0.1) is 0 Å². The van der Waals surface area contributed by atoms with Gasteiger partial charge in [-0.15, -0.1) is 0 Å². The van der Waals surface area contributed by atoms with E-state index in [1.54, 1.807) is 47.5 Å². The summed E-state index contributed by atoms with van der Waals surface area (Å²) in [6.45, 7) is 0.735. The van der Waals surface area contributed by atoms with Gasteiger partial charge in [-0.05, 0) is 37.1 Å². The van der Waals surface area contributed by atoms with Crippen LogP contribution in [0.1, 0.15) is 43.9 Å². The summed E-state index contributed by atoms with van der Waals surface area (Å²) >= 11 is 0. The lowest BCUT2D eigenvalue weighted by Crippen LogP contribution is -2.49. The Morgan fingerprint density at radius 3 is 2.24 bits per heavy atom. The normalized spacial score (nSPS) is 16.7. The van der Waals surface area contributed by atoms with Gasteiger partial charge in [0.2, 0.25) is 5.91 Å². The molecule has 29 heavy (non-hydrogen) atoms. The summed E-state index contributed by atoms with van der Waals surface area (Å²) < 4.78 is 0. The second-order valence-electron chi connectivity index (χ2n) is 7.12. The third-order valence-electron chi connectivity index (χ3n) is 5.24. The van der Waals surface area contributed by atoms with Crippen molar-refractivity contribution in [3.63, 3.8) is 0 Å². The van der Waals surface area contributed by atoms with E-state index in [2.05, 4.69) is 10.3 Å². The molecule has 1 N–H and O–H groups in total. The number of likely N-dealkylation sites (tertiary alicyclic amines) is 1. The van der Waals surface area contributed by atoms with Crippen LogP contribution in [0.4, 0.5) is 0 Å². The van der Waals surface area contributed by atoms with Crippen LogP contribution in [0.15, 0.2) is 48.8 Å². The number of nitrogens with one attached hydrogen (secondary N) is 1. The Morgan fingerprint density at radius 2 is 1.66 bits per heavy atom. The predicted octanol–water partition coefficient (Wildman–Crippen LogP) is 1.10. The van der Waals surface area contributed by atoms with Crippen molar-refractivity contribution in [3.05, 3.63) is 65.5 Å². The van der Waals surface area contributed by atoms with E-state index in [0.29, 0.717) is 42.6 Å². The van der Waals surface area contributed by atoms with Crippen molar-refractivity contribution in [2.45, 2.75) is 18.9 Å². The number of benzene rings is 1. The number of imide groups is 1. The Bertz CT molecular complexity index is 933. The van der Waals surface area contributed by atoms with Gasteiger partial charge in [-0.25, -0.2) is 0 Å². The lowest BCUT2D eigenvalue weighted by molar-refractivity contribution is -0.122. The maximum Gasteiger partial charge on any atom is 0.262 e. The van der Waals surface area contributed by atoms with Crippen molar-refractivity contribution in [3.8, 4) is 0 Å². The number of carbonyl (C=O) groups excluding carboxylic acids is 4. The number of aromatic nitrogens is 1. The molecule has 0 unspecified atom stereocenters. The van der Waals surface area contributed by atoms with Crippen molar-refractivity contribution in [2.24, 2.45) is 0 Å². The highest BCUT2D eigenvalue weighted by Gasteiger charge is 2.36. The molecule has 0 bridgehead atoms. The van der Waals surface area contributed by atoms with E-state index in [4.69, 9.17) is 0 Å². The third kappa shape index (κ3) is 3.73. The highest BCUT2D eigenvalue weighted by Crippen LogP contribution is 2.22. The van der Waals surface area contributed by atoms with Gasteiger partial charge in [0, 0.05) is 31.5 Å². The van der Waals surface area contributed by atoms with Crippen LogP contribution in [0.5, 0.6) is 0 Å². The standard InChI is InChI=1S/C21H20N4O4/c26-18(13-25-20(28)16-5-1-2-6-17(16)21(25)29)23-15-7-10-24(11-8-15)19(27)14-4-3-9-22-12-14/h1-6,9,12,15H,7-8,10-11,13H2,(H,23,26). The molecular formula is C21H20N4O4. The summed E-state index contributed by atoms with van der Waals surface area (Å²) in [5.74, 6) is -1.35. The van der Waals surface area contributed by atoms with Crippen LogP contribution in [-0.2, 0) is 4.79 Å². The fourth-order valence-corrected chi connectivity index (χ4v) is 3.70. The number of fused-ring (bicyclic) bond motifs is 1. The Kier molecular flexibility index (Phi) is 5.07. The van der Waals surface area contributed by atoms with Gasteiger partial charge in [-0.3, -0.25) is 29.1 Å². The second kappa shape index (κ2) is 7.83. The smallest absolute Gasteiger partial charge is 0.262 e. The monoisotopic (exact) mass is 392 g/mol. The average Bonchev–Trinajstić information content (AvgIpc) is 2.99. The molecule has 1 aromatic heterocycles. The zero-order valence-electron chi connectivity index (χ0n) is 15.7. The molecule has 4 rings (SSSR count). The van der Waals surface area contributed by atoms with Gasteiger partial charge in [-0.1, -0.05) is 12.1 Å². The largest absolute Gasteiger partial charge is 0.352 e. The minimum Gasteiger partial charge on any atom is -0.352 e. The van der Waals surface area contributed by atoms with E-state index >= 15 is 0 Å². The number of pyridine rings is 1. The number of piperidine rings is 1. The molecule has 4 amide bonds. The molecule has 0 spiro atoms. The Labute approximate surface area is 167 Å². The summed E-state index contributed by atoms with van der Waals surface area (Å²) in [5, 5.41) is 2.88. The van der Waals surface area contributed by atoms with E-state index < -0.39 is 11.8 Å². The van der Waals surface area contributed by atoms with Gasteiger partial charge in [-0.2, -0.15) is 0 Å². The highest BCUT2D eigenvalue weighted by atomic mass is 16.2. The van der Waals surface area contributed by atoms with Gasteiger partial charge in [0.05, 0.1) is 16.7 Å². The summed E-state index contributed by atoms with van der Waals surface area (Å²) in [4.78, 5) is 56.3. The molecule has 2 aliphatic rings. The first kappa shape index (κ1) is 18.8. The molecular weight excluding hydrogens is 372 g/mol. The minimum absolute atomic E-state index is 0.0751. The predicted molar refractivity (Wildman–Crippen MR) is 103 cm³/mol. The summed E-state index contributed by atoms with van der Waals surface area (Å²) in [6, 6.07) is 9.90. The van der Waals surface area contributed by atoms with E-state index in [-0.39, 0.29) is 24.4 Å². The average molecular weight is 392 g/mol. The lowest BCUT2D eigenvalue weighted by atomic mass is 10.0. The number of nitrogens with zero attached hydrogens (tertiary/aromatic N) is 3. The molecule has 8 nitrogen and oxygen atoms in total. The van der Waals surface area contributed by atoms with Gasteiger partial charge in [0.25, 0.3) is 17.7 Å². The Balaban J connectivity index is 1.29. The summed E-state index contributed by atoms with van der Waals surface area (Å²) in [6.07, 6.45) is 4.38. The number of rotatable bonds is 4. The molecule has 0 saturated carbocycles. The van der Waals surface area contributed by atoms with E-state index in [1.165, 1.54) is 6.20 Å². The molecule has 2 aromatic rings. The zero-order chi connectivity index (χ0) is 20.4. The molecule has 148 valence electrons. The Hall–Kier alpha value is -3.55. The van der Waals surface area contributed by atoms with Crippen LogP contribution < -0.4 is 5.32 Å². The molecule has 0 aliphatic carbocycles. The van der Waals surface area contributed by atoms with Crippen LogP contribution in [0.2, 0.25) is 0 Å². The van der Waals surface area contributed by atoms with Crippen molar-refractivity contribution in [1.29, 1.82) is 0 Å². The molecule has 0 radical (unpaired) electrons. The van der Waals surface area contributed by atoms with Crippen molar-refractivity contribution >= 4 is 23.6 Å². The van der Waals surface area contributed by atoms with E-state index in [1.807, 2.05) is 0 Å². The molecule has 1 aromatic carbocycles. The molecule has 3 heterocycles. The molecule has 0 atom stereocenters. The fourth-order valence-electron chi connectivity index (χ4n) is 3.70. The number of amides is 4. The van der Waals surface area contributed by atoms with E-state index in [0.717, 1.165) is 4.90 Å². The summed E-state index contributed by atoms with van der Waals surface area (Å²) in [7, 11) is 0. The van der Waals surface area contributed by atoms with Crippen LogP contribution in [0.25, 0.3) is 0 Å². The van der Waals surface area contributed by atoms with Gasteiger partial charge < -0.3 is 10.2 Å². The third-order valence-corrected chi connectivity index (χ3v) is 5.24. The SMILES string of the molecule is O=C(CN1C(=O)c2ccccc2C1=O)NC1CCN(C(=O)c2cccnc2)CC1. The highest BCUT2D eigenvalue weighted by molar-refractivity contribution is 6.22. The van der Waals surface area contributed by atoms with E-state index in [9.17, 15) is 19.2 Å². The van der Waals surface area contributed by atoms with Crippen LogP contribution in [0.3, 0.4) is 0 Å². The molecule has 2 aliphatic heterocycles. The first-order valence-electron chi connectivity index (χ1n) is 9.48. The quantitative estimate of drug-likeness (QED) is 0.786. The molecule has 1 fully saturated rings. The van der Waals surface area contributed by atoms with Gasteiger partial charge >= 0.3 is 0 Å². The topological polar surface area (TPSA) is 99.7 Å². The maximum atomic E-state index is 12.5. The van der Waals surface area contributed by atoms with Crippen LogP contribution in [-0.4, -0.2) is 64.1 Å². The Morgan fingerprint density at radius 1 is 1.00 bits per heavy atom. The van der Waals surface area contributed by atoms with Gasteiger partial charge in [0.15, 0.2) is 0 Å².